The Morgan fingerprint density at radius 2 is 1.12 bits per heavy atom. The summed E-state index contributed by atoms with van der Waals surface area (Å²) in [7, 11) is -6.98. The van der Waals surface area contributed by atoms with Crippen LogP contribution in [0.4, 0.5) is 21.0 Å². The Morgan fingerprint density at radius 3 is 1.26 bits per heavy atom. The van der Waals surface area contributed by atoms with Gasteiger partial charge in [0.2, 0.25) is 0 Å². The summed E-state index contributed by atoms with van der Waals surface area (Å²) in [4.78, 5) is 4.93. The van der Waals surface area contributed by atoms with E-state index in [1.807, 2.05) is 20.3 Å². The maximum atomic E-state index is 9.84. The molecule has 0 amide bonds. The molecule has 1 aliphatic rings. The summed E-state index contributed by atoms with van der Waals surface area (Å²) in [6.45, 7) is 34.8. The number of hydrogen-bond donors (Lipinski definition) is 0. The molecule has 0 bridgehead atoms. The van der Waals surface area contributed by atoms with Gasteiger partial charge in [-0.25, -0.2) is 10.2 Å². The van der Waals surface area contributed by atoms with E-state index in [4.69, 9.17) is 10.2 Å². The van der Waals surface area contributed by atoms with Crippen LogP contribution in [0.15, 0.2) is 6.20 Å². The summed E-state index contributed by atoms with van der Waals surface area (Å²) in [5.74, 6) is 4.68. The molecule has 0 N–H and O–H groups in total. The normalized spacial score (nSPS) is 21.8. The van der Waals surface area contributed by atoms with Crippen LogP contribution >= 0.6 is 16.1 Å². The van der Waals surface area contributed by atoms with Crippen molar-refractivity contribution in [2.75, 3.05) is 0 Å². The van der Waals surface area contributed by atoms with E-state index in [0.717, 1.165) is 40.9 Å². The van der Waals surface area contributed by atoms with E-state index in [-0.39, 0.29) is 37.0 Å². The molecule has 1 aromatic heterocycles. The number of nitrogens with zero attached hydrogens (tertiary/aromatic N) is 3. The largest absolute Gasteiger partial charge is 2.00 e. The molecule has 0 saturated heterocycles. The van der Waals surface area contributed by atoms with Crippen LogP contribution in [0.5, 0.6) is 0 Å². The first-order valence-electron chi connectivity index (χ1n) is 13.7. The number of aryl methyl sites for hydroxylation is 1. The fourth-order valence-corrected chi connectivity index (χ4v) is 7.76. The van der Waals surface area contributed by atoms with Gasteiger partial charge in [-0.05, 0) is 57.3 Å². The summed E-state index contributed by atoms with van der Waals surface area (Å²) in [6.07, 6.45) is 4.21. The smallest absolute Gasteiger partial charge is 1.00 e. The Balaban J connectivity index is -0.000000111. The zero-order valence-electron chi connectivity index (χ0n) is 28.8. The minimum Gasteiger partial charge on any atom is -1.00 e. The molecule has 12 heteroatoms. The Morgan fingerprint density at radius 1 is 0.905 bits per heavy atom. The fourth-order valence-electron chi connectivity index (χ4n) is 4.67. The number of rotatable bonds is 3. The summed E-state index contributed by atoms with van der Waals surface area (Å²) in [5.41, 5.74) is 4.17. The predicted molar refractivity (Wildman–Crippen MR) is 171 cm³/mol. The summed E-state index contributed by atoms with van der Waals surface area (Å²) < 4.78 is 51.5. The number of nitriles is 1. The van der Waals surface area contributed by atoms with E-state index in [0.29, 0.717) is 0 Å². The third kappa shape index (κ3) is 23.9. The van der Waals surface area contributed by atoms with Crippen LogP contribution < -0.4 is 10.3 Å². The standard InChI is InChI=1S/C14H27N2P.C10H20.C3H7.C2H2N.CH3.F5P.FH.Ru/c1-10(2)17(11(3)4)13-15-12(9-16(13)8)14(5,6)7;1-6-7(2)9(4)10(5)8(6)3;1-3-2;1-2-3;;1-6(2,3,4)5;;/h9-11H,1-8H3;6-10H,1-5H3;3H,1-2H3;1H2;1H3;;1H;/q;;+1;2*-1;;;+2. The van der Waals surface area contributed by atoms with Crippen LogP contribution in [-0.2, 0) is 31.9 Å². The van der Waals surface area contributed by atoms with Crippen LogP contribution in [0.2, 0.25) is 0 Å². The molecule has 0 spiro atoms. The maximum Gasteiger partial charge on any atom is 2.00 e. The second-order valence-corrected chi connectivity index (χ2v) is 17.2. The van der Waals surface area contributed by atoms with Gasteiger partial charge < -0.3 is 23.6 Å². The Bertz CT molecular complexity index is 777. The molecule has 3 nitrogen and oxygen atoms in total. The van der Waals surface area contributed by atoms with E-state index in [1.54, 1.807) is 0 Å². The van der Waals surface area contributed by atoms with Gasteiger partial charge in [0.25, 0.3) is 5.57 Å². The molecule has 1 heterocycles. The molecule has 0 aromatic carbocycles. The van der Waals surface area contributed by atoms with Crippen molar-refractivity contribution in [2.24, 2.45) is 36.6 Å². The quantitative estimate of drug-likeness (QED) is 0.135. The average Bonchev–Trinajstić information content (AvgIpc) is 3.18. The zero-order chi connectivity index (χ0) is 32.1. The van der Waals surface area contributed by atoms with Gasteiger partial charge in [-0.15, -0.1) is 6.07 Å². The summed E-state index contributed by atoms with van der Waals surface area (Å²) >= 11 is 0. The molecular weight excluding hydrogens is 679 g/mol. The Kier molecular flexibility index (Phi) is 29.5. The molecule has 1 fully saturated rings. The summed E-state index contributed by atoms with van der Waals surface area (Å²) in [6, 6.07) is 1.50. The van der Waals surface area contributed by atoms with Gasteiger partial charge in [-0.3, -0.25) is 0 Å². The molecule has 0 unspecified atom stereocenters. The topological polar surface area (TPSA) is 41.6 Å². The van der Waals surface area contributed by atoms with Crippen molar-refractivity contribution in [1.29, 1.82) is 5.26 Å². The van der Waals surface area contributed by atoms with Crippen LogP contribution in [0.25, 0.3) is 0 Å². The first-order chi connectivity index (χ1) is 17.3. The average molecular weight is 740 g/mol. The fraction of sp³-hybridized carbons (Fsp3) is 0.767. The summed E-state index contributed by atoms with van der Waals surface area (Å²) in [5, 5.41) is 7.21. The van der Waals surface area contributed by atoms with Crippen molar-refractivity contribution in [3.05, 3.63) is 32.7 Å². The molecular formula is C30H60F6N3P2Ru+. The zero-order valence-corrected chi connectivity index (χ0v) is 32.4. The Hall–Kier alpha value is -0.497. The third-order valence-electron chi connectivity index (χ3n) is 7.29. The SMILES string of the molecule is CC(C)[PH+](c1nc(C(C)(C)C)cn1C)C(C)C.CC1C(C)C(C)C(C)C1C.C[CH+]C.FP(F)(F)(F)F.[CH2-]C#N.[CH3-].[F-].[Ru+2]. The second-order valence-electron chi connectivity index (χ2n) is 12.2. The number of halogens is 6. The van der Waals surface area contributed by atoms with Crippen molar-refractivity contribution in [3.8, 4) is 6.07 Å². The monoisotopic (exact) mass is 740 g/mol. The number of aromatic nitrogens is 2. The van der Waals surface area contributed by atoms with Crippen molar-refractivity contribution >= 4 is 21.6 Å². The van der Waals surface area contributed by atoms with E-state index < -0.39 is 16.1 Å². The maximum absolute atomic E-state index is 9.84. The van der Waals surface area contributed by atoms with Gasteiger partial charge in [0, 0.05) is 18.7 Å². The minimum absolute atomic E-state index is 0. The number of imidazole rings is 1. The molecule has 0 radical (unpaired) electrons. The van der Waals surface area contributed by atoms with E-state index in [1.165, 1.54) is 17.3 Å². The minimum atomic E-state index is -8.55. The molecule has 254 valence electrons. The van der Waals surface area contributed by atoms with Gasteiger partial charge >= 0.3 is 48.6 Å². The number of hydrogen-bond acceptors (Lipinski definition) is 2. The van der Waals surface area contributed by atoms with E-state index in [9.17, 15) is 21.0 Å². The third-order valence-corrected chi connectivity index (χ3v) is 10.8. The molecule has 0 aliphatic heterocycles. The van der Waals surface area contributed by atoms with Gasteiger partial charge in [-0.2, -0.15) is 0 Å². The van der Waals surface area contributed by atoms with Gasteiger partial charge in [0.15, 0.2) is 0 Å². The van der Waals surface area contributed by atoms with Crippen LogP contribution in [0.3, 0.4) is 0 Å². The van der Waals surface area contributed by atoms with Crippen molar-refractivity contribution in [3.63, 3.8) is 0 Å². The van der Waals surface area contributed by atoms with E-state index >= 15 is 0 Å². The van der Waals surface area contributed by atoms with Gasteiger partial charge in [0.1, 0.15) is 0 Å². The molecule has 0 atom stereocenters. The molecule has 2 rings (SSSR count). The molecule has 1 aliphatic carbocycles. The molecule has 42 heavy (non-hydrogen) atoms. The van der Waals surface area contributed by atoms with Gasteiger partial charge in [0.05, 0.1) is 45.2 Å². The predicted octanol–water partition coefficient (Wildman–Crippen LogP) is 8.54. The Labute approximate surface area is 270 Å². The first kappa shape index (κ1) is 54.0. The van der Waals surface area contributed by atoms with Crippen molar-refractivity contribution in [2.45, 2.75) is 114 Å². The van der Waals surface area contributed by atoms with Crippen LogP contribution in [0, 0.1) is 61.7 Å². The van der Waals surface area contributed by atoms with E-state index in [2.05, 4.69) is 108 Å². The molecule has 1 aromatic rings. The van der Waals surface area contributed by atoms with Crippen LogP contribution in [0.1, 0.15) is 103 Å². The van der Waals surface area contributed by atoms with Crippen LogP contribution in [-0.4, -0.2) is 20.9 Å². The second kappa shape index (κ2) is 22.9. The van der Waals surface area contributed by atoms with Crippen molar-refractivity contribution < 1.29 is 45.2 Å². The van der Waals surface area contributed by atoms with Crippen molar-refractivity contribution in [1.82, 2.24) is 9.55 Å². The van der Waals surface area contributed by atoms with Gasteiger partial charge in [-0.1, -0.05) is 55.4 Å². The first-order valence-corrected chi connectivity index (χ1v) is 17.0. The molecule has 1 saturated carbocycles.